The monoisotopic (exact) mass is 269 g/mol. The van der Waals surface area contributed by atoms with Crippen molar-refractivity contribution in [3.05, 3.63) is 21.9 Å². The molecule has 0 aliphatic heterocycles. The third-order valence-corrected chi connectivity index (χ3v) is 5.55. The first kappa shape index (κ1) is 13.4. The lowest BCUT2D eigenvalue weighted by Gasteiger charge is -2.08. The molecule has 0 bridgehead atoms. The minimum atomic E-state index is 1.03. The Hall–Kier alpha value is 0.01000. The van der Waals surface area contributed by atoms with Gasteiger partial charge in [0.2, 0.25) is 0 Å². The summed E-state index contributed by atoms with van der Waals surface area (Å²) in [6.45, 7) is 4.36. The number of aryl methyl sites for hydroxylation is 1. The van der Waals surface area contributed by atoms with Gasteiger partial charge in [0, 0.05) is 28.6 Å². The average molecular weight is 269 g/mol. The number of thiophene rings is 1. The normalized spacial score (nSPS) is 16.8. The highest BCUT2D eigenvalue weighted by atomic mass is 32.2. The molecule has 0 unspecified atom stereocenters. The van der Waals surface area contributed by atoms with E-state index in [0.29, 0.717) is 0 Å². The lowest BCUT2D eigenvalue weighted by Crippen LogP contribution is -2.16. The summed E-state index contributed by atoms with van der Waals surface area (Å²) in [7, 11) is 0. The first-order valence-corrected chi connectivity index (χ1v) is 8.65. The van der Waals surface area contributed by atoms with Gasteiger partial charge in [-0.1, -0.05) is 12.8 Å². The molecule has 0 saturated heterocycles. The van der Waals surface area contributed by atoms with E-state index in [2.05, 4.69) is 36.1 Å². The van der Waals surface area contributed by atoms with Crippen molar-refractivity contribution in [1.29, 1.82) is 0 Å². The number of thioether (sulfide) groups is 1. The summed E-state index contributed by atoms with van der Waals surface area (Å²) in [6, 6.07) is 4.44. The molecule has 0 radical (unpaired) electrons. The van der Waals surface area contributed by atoms with E-state index in [0.717, 1.165) is 19.0 Å². The lowest BCUT2D eigenvalue weighted by molar-refractivity contribution is 0.622. The molecule has 1 aromatic heterocycles. The van der Waals surface area contributed by atoms with Gasteiger partial charge in [0.1, 0.15) is 0 Å². The highest BCUT2D eigenvalue weighted by Gasteiger charge is 2.14. The molecule has 1 aromatic rings. The lowest BCUT2D eigenvalue weighted by atomic mass is 10.1. The first-order chi connectivity index (χ1) is 8.34. The van der Waals surface area contributed by atoms with Gasteiger partial charge in [0.25, 0.3) is 0 Å². The molecule has 1 aliphatic carbocycles. The summed E-state index contributed by atoms with van der Waals surface area (Å²) in [5.41, 5.74) is 0. The van der Waals surface area contributed by atoms with Crippen LogP contribution in [0.4, 0.5) is 0 Å². The molecule has 1 saturated carbocycles. The fraction of sp³-hybridized carbons (Fsp3) is 0.714. The molecule has 0 amide bonds. The highest BCUT2D eigenvalue weighted by molar-refractivity contribution is 7.99. The van der Waals surface area contributed by atoms with Gasteiger partial charge >= 0.3 is 0 Å². The van der Waals surface area contributed by atoms with Crippen LogP contribution >= 0.6 is 23.1 Å². The Bertz CT molecular complexity index is 316. The van der Waals surface area contributed by atoms with Crippen LogP contribution < -0.4 is 5.32 Å². The van der Waals surface area contributed by atoms with Crippen LogP contribution in [0.3, 0.4) is 0 Å². The van der Waals surface area contributed by atoms with E-state index < -0.39 is 0 Å². The maximum absolute atomic E-state index is 3.53. The van der Waals surface area contributed by atoms with E-state index in [9.17, 15) is 0 Å². The minimum absolute atomic E-state index is 1.03. The minimum Gasteiger partial charge on any atom is -0.311 e. The van der Waals surface area contributed by atoms with Gasteiger partial charge in [-0.25, -0.2) is 0 Å². The summed E-state index contributed by atoms with van der Waals surface area (Å²) in [5, 5.41) is 3.53. The summed E-state index contributed by atoms with van der Waals surface area (Å²) < 4.78 is 0. The second-order valence-corrected chi connectivity index (χ2v) is 7.44. The molecule has 2 rings (SSSR count). The maximum atomic E-state index is 3.53. The van der Waals surface area contributed by atoms with Crippen molar-refractivity contribution in [1.82, 2.24) is 5.32 Å². The van der Waals surface area contributed by atoms with Crippen molar-refractivity contribution in [2.45, 2.75) is 39.2 Å². The molecule has 1 nitrogen and oxygen atoms in total. The molecular formula is C14H23NS2. The molecule has 1 heterocycles. The molecular weight excluding hydrogens is 246 g/mol. The van der Waals surface area contributed by atoms with Crippen molar-refractivity contribution < 1.29 is 0 Å². The molecule has 0 aromatic carbocycles. The third kappa shape index (κ3) is 5.02. The number of hydrogen-bond acceptors (Lipinski definition) is 3. The SMILES string of the molecule is Cc1ccc(CNCCSCC2CCCC2)s1. The second-order valence-electron chi connectivity index (χ2n) is 4.91. The zero-order valence-corrected chi connectivity index (χ0v) is 12.3. The topological polar surface area (TPSA) is 12.0 Å². The molecule has 1 aliphatic rings. The van der Waals surface area contributed by atoms with Gasteiger partial charge in [-0.05, 0) is 43.6 Å². The van der Waals surface area contributed by atoms with E-state index >= 15 is 0 Å². The van der Waals surface area contributed by atoms with Gasteiger partial charge in [-0.15, -0.1) is 11.3 Å². The highest BCUT2D eigenvalue weighted by Crippen LogP contribution is 2.27. The van der Waals surface area contributed by atoms with Crippen molar-refractivity contribution in [3.63, 3.8) is 0 Å². The maximum Gasteiger partial charge on any atom is 0.0300 e. The molecule has 17 heavy (non-hydrogen) atoms. The molecule has 0 atom stereocenters. The fourth-order valence-electron chi connectivity index (χ4n) is 2.36. The van der Waals surface area contributed by atoms with Crippen molar-refractivity contribution in [2.75, 3.05) is 18.1 Å². The Kier molecular flexibility index (Phi) is 5.89. The Morgan fingerprint density at radius 3 is 2.88 bits per heavy atom. The Morgan fingerprint density at radius 1 is 1.35 bits per heavy atom. The molecule has 3 heteroatoms. The van der Waals surface area contributed by atoms with Gasteiger partial charge in [-0.3, -0.25) is 0 Å². The van der Waals surface area contributed by atoms with E-state index in [1.807, 2.05) is 11.3 Å². The van der Waals surface area contributed by atoms with Gasteiger partial charge < -0.3 is 5.32 Å². The van der Waals surface area contributed by atoms with Crippen LogP contribution in [-0.4, -0.2) is 18.1 Å². The zero-order valence-electron chi connectivity index (χ0n) is 10.7. The van der Waals surface area contributed by atoms with Crippen LogP contribution in [0.25, 0.3) is 0 Å². The van der Waals surface area contributed by atoms with E-state index in [-0.39, 0.29) is 0 Å². The summed E-state index contributed by atoms with van der Waals surface area (Å²) in [5.74, 6) is 3.68. The second kappa shape index (κ2) is 7.45. The van der Waals surface area contributed by atoms with Crippen molar-refractivity contribution in [3.8, 4) is 0 Å². The number of hydrogen-bond donors (Lipinski definition) is 1. The van der Waals surface area contributed by atoms with Gasteiger partial charge in [0.15, 0.2) is 0 Å². The quantitative estimate of drug-likeness (QED) is 0.749. The van der Waals surface area contributed by atoms with Crippen LogP contribution in [0.2, 0.25) is 0 Å². The van der Waals surface area contributed by atoms with E-state index in [1.54, 1.807) is 0 Å². The van der Waals surface area contributed by atoms with Crippen molar-refractivity contribution in [2.24, 2.45) is 5.92 Å². The fourth-order valence-corrected chi connectivity index (χ4v) is 4.35. The van der Waals surface area contributed by atoms with Crippen LogP contribution in [-0.2, 0) is 6.54 Å². The van der Waals surface area contributed by atoms with Crippen LogP contribution in [0.15, 0.2) is 12.1 Å². The molecule has 1 N–H and O–H groups in total. The average Bonchev–Trinajstić information content (AvgIpc) is 2.95. The van der Waals surface area contributed by atoms with E-state index in [4.69, 9.17) is 0 Å². The van der Waals surface area contributed by atoms with Crippen LogP contribution in [0.1, 0.15) is 35.4 Å². The third-order valence-electron chi connectivity index (χ3n) is 3.35. The largest absolute Gasteiger partial charge is 0.311 e. The van der Waals surface area contributed by atoms with Crippen LogP contribution in [0.5, 0.6) is 0 Å². The number of rotatable bonds is 7. The summed E-state index contributed by atoms with van der Waals surface area (Å²) in [6.07, 6.45) is 5.91. The smallest absolute Gasteiger partial charge is 0.0300 e. The predicted molar refractivity (Wildman–Crippen MR) is 80.0 cm³/mol. The van der Waals surface area contributed by atoms with E-state index in [1.165, 1.54) is 46.9 Å². The molecule has 96 valence electrons. The Balaban J connectivity index is 1.46. The number of nitrogens with one attached hydrogen (secondary N) is 1. The van der Waals surface area contributed by atoms with Gasteiger partial charge in [0.05, 0.1) is 0 Å². The zero-order chi connectivity index (χ0) is 11.9. The van der Waals surface area contributed by atoms with Crippen LogP contribution in [0, 0.1) is 12.8 Å². The molecule has 1 fully saturated rings. The Labute approximate surface area is 113 Å². The summed E-state index contributed by atoms with van der Waals surface area (Å²) in [4.78, 5) is 2.88. The standard InChI is InChI=1S/C14H23NS2/c1-12-6-7-14(17-12)10-15-8-9-16-11-13-4-2-3-5-13/h6-7,13,15H,2-5,8-11H2,1H3. The first-order valence-electron chi connectivity index (χ1n) is 6.68. The summed E-state index contributed by atoms with van der Waals surface area (Å²) >= 11 is 4.03. The van der Waals surface area contributed by atoms with Gasteiger partial charge in [-0.2, -0.15) is 11.8 Å². The Morgan fingerprint density at radius 2 is 2.18 bits per heavy atom. The van der Waals surface area contributed by atoms with Crippen molar-refractivity contribution >= 4 is 23.1 Å². The molecule has 0 spiro atoms. The predicted octanol–water partition coefficient (Wildman–Crippen LogP) is 4.07.